The van der Waals surface area contributed by atoms with Crippen LogP contribution in [-0.2, 0) is 37.5 Å². The molecule has 0 aromatic heterocycles. The van der Waals surface area contributed by atoms with Gasteiger partial charge in [-0.05, 0) is 12.7 Å². The van der Waals surface area contributed by atoms with Gasteiger partial charge in [-0.2, -0.15) is 0 Å². The molecule has 5 nitrogen and oxygen atoms in total. The molecule has 0 saturated heterocycles. The molecule has 0 aliphatic heterocycles. The van der Waals surface area contributed by atoms with Gasteiger partial charge in [0.2, 0.25) is 0 Å². The van der Waals surface area contributed by atoms with Crippen LogP contribution in [-0.4, -0.2) is 16.1 Å². The van der Waals surface area contributed by atoms with Crippen molar-refractivity contribution in [3.63, 3.8) is 0 Å². The Morgan fingerprint density at radius 1 is 1.78 bits per heavy atom. The van der Waals surface area contributed by atoms with E-state index in [0.29, 0.717) is 0 Å². The molecule has 0 spiro atoms. The Hall–Kier alpha value is -0.156. The van der Waals surface area contributed by atoms with Crippen LogP contribution in [0, 0.1) is 17.0 Å². The van der Waals surface area contributed by atoms with Gasteiger partial charge in [0.1, 0.15) is 0 Å². The van der Waals surface area contributed by atoms with E-state index in [2.05, 4.69) is 6.92 Å². The van der Waals surface area contributed by atoms with Gasteiger partial charge in [0.25, 0.3) is 5.09 Å². The van der Waals surface area contributed by atoms with E-state index in [1.165, 1.54) is 6.92 Å². The first kappa shape index (κ1) is 15.9. The summed E-state index contributed by atoms with van der Waals surface area (Å²) < 4.78 is 0. The molecule has 51 valence electrons. The van der Waals surface area contributed by atoms with Gasteiger partial charge < -0.3 is 16.9 Å². The molecular weight excluding hydrogens is 203 g/mol. The minimum absolute atomic E-state index is 0. The van der Waals surface area contributed by atoms with Gasteiger partial charge in [0.05, 0.1) is 0 Å². The zero-order valence-corrected chi connectivity index (χ0v) is 7.74. The summed E-state index contributed by atoms with van der Waals surface area (Å²) >= 11 is 0. The van der Waals surface area contributed by atoms with E-state index < -0.39 is 5.09 Å². The zero-order chi connectivity index (χ0) is 7.15. The molecule has 0 amide bonds. The summed E-state index contributed by atoms with van der Waals surface area (Å²) in [6, 6.07) is 0. The van der Waals surface area contributed by atoms with Crippen molar-refractivity contribution in [3.8, 4) is 0 Å². The van der Waals surface area contributed by atoms with E-state index in [0.717, 1.165) is 0 Å². The minimum atomic E-state index is -1.50. The summed E-state index contributed by atoms with van der Waals surface area (Å²) in [4.78, 5) is 17.7. The summed E-state index contributed by atoms with van der Waals surface area (Å²) in [5.74, 6) is -0.0833. The molecule has 0 aromatic rings. The third kappa shape index (κ3) is 11000. The predicted molar refractivity (Wildman–Crippen MR) is 24.8 cm³/mol. The van der Waals surface area contributed by atoms with Gasteiger partial charge in [0.15, 0.2) is 0 Å². The first-order valence-corrected chi connectivity index (χ1v) is 1.62. The Morgan fingerprint density at radius 2 is 1.78 bits per heavy atom. The standard InChI is InChI=1S/C3H5O.HNO3.Y/c1-3(2)4;2-1(3)4;/h1H2,2H3;(H,2,3,4);/q-1;;. The van der Waals surface area contributed by atoms with Gasteiger partial charge in [-0.15, -0.1) is 10.1 Å². The van der Waals surface area contributed by atoms with Crippen molar-refractivity contribution in [2.24, 2.45) is 0 Å². The van der Waals surface area contributed by atoms with Crippen LogP contribution in [0.1, 0.15) is 6.92 Å². The number of hydrogen-bond donors (Lipinski definition) is 1. The van der Waals surface area contributed by atoms with Crippen LogP contribution >= 0.6 is 0 Å². The quantitative estimate of drug-likeness (QED) is 0.347. The molecule has 0 aliphatic rings. The fraction of sp³-hybridized carbons (Fsp3) is 0.333. The molecule has 0 rings (SSSR count). The SMILES string of the molecule is O=[N+]([O-])O.[CH2-]C(C)=O.[Y]. The van der Waals surface area contributed by atoms with Crippen molar-refractivity contribution >= 4 is 5.78 Å². The maximum atomic E-state index is 9.33. The second-order valence-corrected chi connectivity index (χ2v) is 0.940. The third-order valence-electron chi connectivity index (χ3n) is 0. The first-order valence-electron chi connectivity index (χ1n) is 1.62. The van der Waals surface area contributed by atoms with Crippen LogP contribution in [0.4, 0.5) is 0 Å². The fourth-order valence-corrected chi connectivity index (χ4v) is 0. The molecule has 1 N–H and O–H groups in total. The van der Waals surface area contributed by atoms with Gasteiger partial charge in [-0.25, -0.2) is 0 Å². The second-order valence-electron chi connectivity index (χ2n) is 0.940. The van der Waals surface area contributed by atoms with E-state index in [1.807, 2.05) is 0 Å². The molecule has 0 saturated carbocycles. The summed E-state index contributed by atoms with van der Waals surface area (Å²) in [6.45, 7) is 4.42. The average molecular weight is 209 g/mol. The van der Waals surface area contributed by atoms with Gasteiger partial charge >= 0.3 is 0 Å². The normalized spacial score (nSPS) is 5.44. The first-order chi connectivity index (χ1) is 3.46. The number of nitrogens with zero attached hydrogens (tertiary/aromatic N) is 1. The van der Waals surface area contributed by atoms with Gasteiger partial charge in [-0.3, -0.25) is 0 Å². The monoisotopic (exact) mass is 209 g/mol. The van der Waals surface area contributed by atoms with Crippen molar-refractivity contribution in [1.82, 2.24) is 0 Å². The molecule has 0 atom stereocenters. The molecule has 9 heavy (non-hydrogen) atoms. The molecule has 1 radical (unpaired) electrons. The van der Waals surface area contributed by atoms with E-state index in [1.54, 1.807) is 0 Å². The van der Waals surface area contributed by atoms with Crippen molar-refractivity contribution in [2.75, 3.05) is 0 Å². The topological polar surface area (TPSA) is 80.4 Å². The maximum Gasteiger partial charge on any atom is 0.291 e. The molecular formula is C3H6NO4Y-. The fourth-order valence-electron chi connectivity index (χ4n) is 0. The number of rotatable bonds is 0. The largest absolute Gasteiger partial charge is 0.340 e. The minimum Gasteiger partial charge on any atom is -0.340 e. The molecule has 0 fully saturated rings. The molecule has 0 unspecified atom stereocenters. The molecule has 6 heteroatoms. The number of ketones is 1. The van der Waals surface area contributed by atoms with Crippen LogP contribution in [0.15, 0.2) is 0 Å². The number of hydrogen-bond acceptors (Lipinski definition) is 3. The number of Topliss-reactive ketones (excluding diaryl/α,β-unsaturated/α-hetero) is 1. The van der Waals surface area contributed by atoms with E-state index >= 15 is 0 Å². The van der Waals surface area contributed by atoms with E-state index in [4.69, 9.17) is 15.3 Å². The summed E-state index contributed by atoms with van der Waals surface area (Å²) in [5, 5.41) is 13.6. The number of carbonyl (C=O) groups excluding carboxylic acids is 1. The van der Waals surface area contributed by atoms with E-state index in [9.17, 15) is 4.79 Å². The smallest absolute Gasteiger partial charge is 0.291 e. The molecule has 0 heterocycles. The summed E-state index contributed by atoms with van der Waals surface area (Å²) in [7, 11) is 0. The summed E-state index contributed by atoms with van der Waals surface area (Å²) in [5.41, 5.74) is 0. The third-order valence-corrected chi connectivity index (χ3v) is 0. The maximum absolute atomic E-state index is 9.33. The average Bonchev–Trinajstić information content (AvgIpc) is 1.25. The molecule has 0 aromatic carbocycles. The Balaban J connectivity index is -0.0000000720. The van der Waals surface area contributed by atoms with Crippen LogP contribution in [0.3, 0.4) is 0 Å². The Labute approximate surface area is 77.4 Å². The number of carbonyl (C=O) groups is 1. The van der Waals surface area contributed by atoms with Gasteiger partial charge in [0, 0.05) is 32.7 Å². The van der Waals surface area contributed by atoms with Crippen molar-refractivity contribution < 1.29 is 47.8 Å². The summed E-state index contributed by atoms with van der Waals surface area (Å²) in [6.07, 6.45) is 0. The van der Waals surface area contributed by atoms with Crippen molar-refractivity contribution in [3.05, 3.63) is 17.0 Å². The Morgan fingerprint density at radius 3 is 1.78 bits per heavy atom. The Kier molecular flexibility index (Phi) is 19.0. The van der Waals surface area contributed by atoms with Crippen LogP contribution in [0.5, 0.6) is 0 Å². The molecule has 0 bridgehead atoms. The van der Waals surface area contributed by atoms with Gasteiger partial charge in [-0.1, -0.05) is 0 Å². The van der Waals surface area contributed by atoms with Crippen LogP contribution < -0.4 is 0 Å². The zero-order valence-electron chi connectivity index (χ0n) is 4.90. The van der Waals surface area contributed by atoms with Crippen molar-refractivity contribution in [1.29, 1.82) is 0 Å². The molecule has 0 aliphatic carbocycles. The van der Waals surface area contributed by atoms with Crippen LogP contribution in [0.25, 0.3) is 0 Å². The predicted octanol–water partition coefficient (Wildman–Crippen LogP) is 0.0593. The van der Waals surface area contributed by atoms with Crippen molar-refractivity contribution in [2.45, 2.75) is 6.92 Å². The van der Waals surface area contributed by atoms with Crippen LogP contribution in [0.2, 0.25) is 0 Å². The second kappa shape index (κ2) is 10.8. The Bertz CT molecular complexity index is 73.8. The van der Waals surface area contributed by atoms with E-state index in [-0.39, 0.29) is 38.5 Å².